The highest BCUT2D eigenvalue weighted by Gasteiger charge is 2.04. The fourth-order valence-electron chi connectivity index (χ4n) is 1.85. The van der Waals surface area contributed by atoms with E-state index in [-0.39, 0.29) is 5.97 Å². The summed E-state index contributed by atoms with van der Waals surface area (Å²) in [7, 11) is 1.38. The molecule has 0 aliphatic heterocycles. The number of methoxy groups -OCH3 is 1. The summed E-state index contributed by atoms with van der Waals surface area (Å²) in [6.07, 6.45) is 0. The molecule has 0 atom stereocenters. The van der Waals surface area contributed by atoms with Crippen LogP contribution in [0.1, 0.15) is 21.5 Å². The Hall–Kier alpha value is -2.29. The highest BCUT2D eigenvalue weighted by Crippen LogP contribution is 2.15. The molecule has 0 fully saturated rings. The molecule has 0 bridgehead atoms. The van der Waals surface area contributed by atoms with Crippen molar-refractivity contribution in [2.45, 2.75) is 13.5 Å². The molecule has 0 saturated carbocycles. The van der Waals surface area contributed by atoms with Crippen LogP contribution < -0.4 is 5.32 Å². The van der Waals surface area contributed by atoms with E-state index in [1.165, 1.54) is 12.7 Å². The molecule has 0 aliphatic rings. The Bertz CT molecular complexity index is 561. The zero-order valence-corrected chi connectivity index (χ0v) is 11.1. The van der Waals surface area contributed by atoms with E-state index < -0.39 is 0 Å². The first kappa shape index (κ1) is 13.1. The lowest BCUT2D eigenvalue weighted by Crippen LogP contribution is -2.03. The number of para-hydroxylation sites is 1. The largest absolute Gasteiger partial charge is 0.465 e. The van der Waals surface area contributed by atoms with Crippen LogP contribution in [0.15, 0.2) is 48.5 Å². The molecule has 0 unspecified atom stereocenters. The van der Waals surface area contributed by atoms with Gasteiger partial charge in [-0.05, 0) is 36.2 Å². The molecule has 0 heterocycles. The monoisotopic (exact) mass is 255 g/mol. The minimum absolute atomic E-state index is 0.307. The van der Waals surface area contributed by atoms with Crippen LogP contribution in [0.2, 0.25) is 0 Å². The molecule has 0 aromatic heterocycles. The Balaban J connectivity index is 2.01. The van der Waals surface area contributed by atoms with Gasteiger partial charge >= 0.3 is 5.97 Å². The number of nitrogens with one attached hydrogen (secondary N) is 1. The Labute approximate surface area is 113 Å². The molecule has 3 nitrogen and oxygen atoms in total. The maximum absolute atomic E-state index is 11.3. The van der Waals surface area contributed by atoms with Gasteiger partial charge in [-0.2, -0.15) is 0 Å². The SMILES string of the molecule is COC(=O)c1ccc(CNc2ccccc2C)cc1. The number of hydrogen-bond donors (Lipinski definition) is 1. The van der Waals surface area contributed by atoms with Crippen molar-refractivity contribution in [3.63, 3.8) is 0 Å². The van der Waals surface area contributed by atoms with Crippen molar-refractivity contribution in [2.75, 3.05) is 12.4 Å². The van der Waals surface area contributed by atoms with Crippen molar-refractivity contribution in [3.05, 3.63) is 65.2 Å². The van der Waals surface area contributed by atoms with Crippen LogP contribution in [0.25, 0.3) is 0 Å². The first-order valence-corrected chi connectivity index (χ1v) is 6.17. The lowest BCUT2D eigenvalue weighted by Gasteiger charge is -2.09. The van der Waals surface area contributed by atoms with Gasteiger partial charge in [0.05, 0.1) is 12.7 Å². The van der Waals surface area contributed by atoms with Crippen molar-refractivity contribution >= 4 is 11.7 Å². The van der Waals surface area contributed by atoms with Crippen LogP contribution in [0.4, 0.5) is 5.69 Å². The molecule has 2 aromatic rings. The van der Waals surface area contributed by atoms with E-state index in [4.69, 9.17) is 0 Å². The zero-order chi connectivity index (χ0) is 13.7. The Morgan fingerprint density at radius 2 is 1.79 bits per heavy atom. The van der Waals surface area contributed by atoms with Gasteiger partial charge in [-0.25, -0.2) is 4.79 Å². The van der Waals surface area contributed by atoms with E-state index in [0.717, 1.165) is 17.8 Å². The van der Waals surface area contributed by atoms with E-state index in [2.05, 4.69) is 29.1 Å². The second-order valence-electron chi connectivity index (χ2n) is 4.36. The lowest BCUT2D eigenvalue weighted by molar-refractivity contribution is 0.0600. The minimum Gasteiger partial charge on any atom is -0.465 e. The zero-order valence-electron chi connectivity index (χ0n) is 11.1. The standard InChI is InChI=1S/C16H17NO2/c1-12-5-3-4-6-15(12)17-11-13-7-9-14(10-8-13)16(18)19-2/h3-10,17H,11H2,1-2H3. The van der Waals surface area contributed by atoms with Crippen molar-refractivity contribution < 1.29 is 9.53 Å². The summed E-state index contributed by atoms with van der Waals surface area (Å²) in [5.74, 6) is -0.307. The third kappa shape index (κ3) is 3.35. The van der Waals surface area contributed by atoms with Crippen molar-refractivity contribution in [1.29, 1.82) is 0 Å². The fourth-order valence-corrected chi connectivity index (χ4v) is 1.85. The van der Waals surface area contributed by atoms with Gasteiger partial charge in [0.1, 0.15) is 0 Å². The third-order valence-electron chi connectivity index (χ3n) is 3.00. The second kappa shape index (κ2) is 6.05. The third-order valence-corrected chi connectivity index (χ3v) is 3.00. The number of aryl methyl sites for hydroxylation is 1. The first-order valence-electron chi connectivity index (χ1n) is 6.17. The summed E-state index contributed by atoms with van der Waals surface area (Å²) in [5.41, 5.74) is 4.03. The molecule has 0 aliphatic carbocycles. The molecule has 0 amide bonds. The molecule has 98 valence electrons. The number of rotatable bonds is 4. The predicted molar refractivity (Wildman–Crippen MR) is 76.3 cm³/mol. The number of carbonyl (C=O) groups excluding carboxylic acids is 1. The number of ether oxygens (including phenoxy) is 1. The van der Waals surface area contributed by atoms with E-state index >= 15 is 0 Å². The van der Waals surface area contributed by atoms with Gasteiger partial charge in [-0.3, -0.25) is 0 Å². The number of anilines is 1. The molecule has 2 aromatic carbocycles. The number of hydrogen-bond acceptors (Lipinski definition) is 3. The molecule has 0 saturated heterocycles. The van der Waals surface area contributed by atoms with Crippen LogP contribution in [0, 0.1) is 6.92 Å². The quantitative estimate of drug-likeness (QED) is 0.851. The average Bonchev–Trinajstić information content (AvgIpc) is 2.46. The van der Waals surface area contributed by atoms with Gasteiger partial charge in [0.15, 0.2) is 0 Å². The summed E-state index contributed by atoms with van der Waals surface area (Å²) in [5, 5.41) is 3.38. The van der Waals surface area contributed by atoms with Gasteiger partial charge in [0.2, 0.25) is 0 Å². The summed E-state index contributed by atoms with van der Waals surface area (Å²) in [6, 6.07) is 15.6. The molecule has 0 radical (unpaired) electrons. The number of esters is 1. The Morgan fingerprint density at radius 1 is 1.11 bits per heavy atom. The average molecular weight is 255 g/mol. The molecule has 0 spiro atoms. The van der Waals surface area contributed by atoms with Crippen LogP contribution in [-0.4, -0.2) is 13.1 Å². The van der Waals surface area contributed by atoms with Gasteiger partial charge in [0, 0.05) is 12.2 Å². The van der Waals surface area contributed by atoms with Gasteiger partial charge in [-0.1, -0.05) is 30.3 Å². The summed E-state index contributed by atoms with van der Waals surface area (Å²) in [6.45, 7) is 2.80. The van der Waals surface area contributed by atoms with E-state index in [1.807, 2.05) is 24.3 Å². The van der Waals surface area contributed by atoms with Crippen molar-refractivity contribution in [2.24, 2.45) is 0 Å². The van der Waals surface area contributed by atoms with Crippen LogP contribution in [-0.2, 0) is 11.3 Å². The number of carbonyl (C=O) groups is 1. The van der Waals surface area contributed by atoms with Crippen LogP contribution >= 0.6 is 0 Å². The molecule has 19 heavy (non-hydrogen) atoms. The molecule has 2 rings (SSSR count). The molecular weight excluding hydrogens is 238 g/mol. The predicted octanol–water partition coefficient (Wildman–Crippen LogP) is 3.39. The molecule has 1 N–H and O–H groups in total. The van der Waals surface area contributed by atoms with E-state index in [1.54, 1.807) is 12.1 Å². The smallest absolute Gasteiger partial charge is 0.337 e. The van der Waals surface area contributed by atoms with Crippen LogP contribution in [0.3, 0.4) is 0 Å². The Morgan fingerprint density at radius 3 is 2.42 bits per heavy atom. The molecule has 3 heteroatoms. The second-order valence-corrected chi connectivity index (χ2v) is 4.36. The Kier molecular flexibility index (Phi) is 4.18. The van der Waals surface area contributed by atoms with E-state index in [9.17, 15) is 4.79 Å². The topological polar surface area (TPSA) is 38.3 Å². The highest BCUT2D eigenvalue weighted by molar-refractivity contribution is 5.89. The van der Waals surface area contributed by atoms with Crippen LogP contribution in [0.5, 0.6) is 0 Å². The highest BCUT2D eigenvalue weighted by atomic mass is 16.5. The van der Waals surface area contributed by atoms with Crippen molar-refractivity contribution in [3.8, 4) is 0 Å². The summed E-state index contributed by atoms with van der Waals surface area (Å²) < 4.78 is 4.67. The van der Waals surface area contributed by atoms with Gasteiger partial charge < -0.3 is 10.1 Å². The normalized spacial score (nSPS) is 10.0. The fraction of sp³-hybridized carbons (Fsp3) is 0.188. The molecular formula is C16H17NO2. The first-order chi connectivity index (χ1) is 9.20. The van der Waals surface area contributed by atoms with Crippen molar-refractivity contribution in [1.82, 2.24) is 0 Å². The van der Waals surface area contributed by atoms with Gasteiger partial charge in [0.25, 0.3) is 0 Å². The minimum atomic E-state index is -0.307. The summed E-state index contributed by atoms with van der Waals surface area (Å²) >= 11 is 0. The summed E-state index contributed by atoms with van der Waals surface area (Å²) in [4.78, 5) is 11.3. The maximum atomic E-state index is 11.3. The number of benzene rings is 2. The maximum Gasteiger partial charge on any atom is 0.337 e. The lowest BCUT2D eigenvalue weighted by atomic mass is 10.1. The van der Waals surface area contributed by atoms with Gasteiger partial charge in [-0.15, -0.1) is 0 Å². The van der Waals surface area contributed by atoms with E-state index in [0.29, 0.717) is 5.56 Å².